The fraction of sp³-hybridized carbons (Fsp3) is 0.167. The minimum absolute atomic E-state index is 0.254. The van der Waals surface area contributed by atoms with Crippen LogP contribution in [0.2, 0.25) is 0 Å². The molecule has 0 aromatic heterocycles. The van der Waals surface area contributed by atoms with Crippen LogP contribution in [0.5, 0.6) is 23.0 Å². The fourth-order valence-corrected chi connectivity index (χ4v) is 3.67. The summed E-state index contributed by atoms with van der Waals surface area (Å²) < 4.78 is 22.1. The van der Waals surface area contributed by atoms with Gasteiger partial charge in [0, 0.05) is 5.39 Å². The molecule has 0 saturated carbocycles. The van der Waals surface area contributed by atoms with Crippen LogP contribution in [-0.2, 0) is 4.79 Å². The number of nitrogens with one attached hydrogen (secondary N) is 1. The molecule has 194 valence electrons. The average Bonchev–Trinajstić information content (AvgIpc) is 2.94. The fourth-order valence-electron chi connectivity index (χ4n) is 3.67. The van der Waals surface area contributed by atoms with Gasteiger partial charge < -0.3 is 18.9 Å². The first kappa shape index (κ1) is 26.2. The summed E-state index contributed by atoms with van der Waals surface area (Å²) in [7, 11) is 1.47. The predicted molar refractivity (Wildman–Crippen MR) is 145 cm³/mol. The smallest absolute Gasteiger partial charge is 0.343 e. The highest BCUT2D eigenvalue weighted by Crippen LogP contribution is 2.29. The number of nitrogens with zero attached hydrogens (tertiary/aromatic N) is 1. The van der Waals surface area contributed by atoms with Crippen molar-refractivity contribution in [2.45, 2.75) is 20.0 Å². The van der Waals surface area contributed by atoms with Gasteiger partial charge in [-0.05, 0) is 73.3 Å². The van der Waals surface area contributed by atoms with Crippen molar-refractivity contribution in [3.8, 4) is 23.0 Å². The highest BCUT2D eigenvalue weighted by Gasteiger charge is 2.16. The number of rotatable bonds is 10. The maximum Gasteiger partial charge on any atom is 0.343 e. The van der Waals surface area contributed by atoms with E-state index in [1.165, 1.54) is 13.3 Å². The Balaban J connectivity index is 1.36. The highest BCUT2D eigenvalue weighted by molar-refractivity contribution is 5.92. The van der Waals surface area contributed by atoms with Crippen LogP contribution in [0.1, 0.15) is 29.8 Å². The largest absolute Gasteiger partial charge is 0.494 e. The van der Waals surface area contributed by atoms with Crippen molar-refractivity contribution in [1.82, 2.24) is 5.43 Å². The summed E-state index contributed by atoms with van der Waals surface area (Å²) in [6.07, 6.45) is 0.695. The Hall–Kier alpha value is -4.85. The Bertz CT molecular complexity index is 1440. The number of ether oxygens (including phenoxy) is 4. The van der Waals surface area contributed by atoms with Gasteiger partial charge >= 0.3 is 5.97 Å². The van der Waals surface area contributed by atoms with Crippen molar-refractivity contribution in [2.24, 2.45) is 5.10 Å². The van der Waals surface area contributed by atoms with Crippen molar-refractivity contribution in [2.75, 3.05) is 13.7 Å². The minimum atomic E-state index is -0.767. The monoisotopic (exact) mass is 512 g/mol. The van der Waals surface area contributed by atoms with Crippen LogP contribution in [-0.4, -0.2) is 37.9 Å². The number of carbonyl (C=O) groups is 2. The van der Waals surface area contributed by atoms with Crippen LogP contribution in [0.15, 0.2) is 90.0 Å². The third kappa shape index (κ3) is 6.47. The van der Waals surface area contributed by atoms with Crippen molar-refractivity contribution in [3.05, 3.63) is 96.1 Å². The lowest BCUT2D eigenvalue weighted by atomic mass is 10.1. The molecule has 0 heterocycles. The molecular weight excluding hydrogens is 484 g/mol. The molecule has 0 radical (unpaired) electrons. The Kier molecular flexibility index (Phi) is 8.56. The van der Waals surface area contributed by atoms with Gasteiger partial charge in [0.25, 0.3) is 5.91 Å². The van der Waals surface area contributed by atoms with Crippen LogP contribution >= 0.6 is 0 Å². The number of methoxy groups -OCH3 is 1. The van der Waals surface area contributed by atoms with Gasteiger partial charge in [-0.3, -0.25) is 4.79 Å². The molecule has 0 aliphatic heterocycles. The van der Waals surface area contributed by atoms with Gasteiger partial charge in [-0.1, -0.05) is 36.4 Å². The summed E-state index contributed by atoms with van der Waals surface area (Å²) in [5.74, 6) is 0.959. The Morgan fingerprint density at radius 2 is 1.68 bits per heavy atom. The van der Waals surface area contributed by atoms with Crippen LogP contribution < -0.4 is 24.4 Å². The molecule has 0 bridgehead atoms. The Morgan fingerprint density at radius 1 is 0.921 bits per heavy atom. The molecule has 1 unspecified atom stereocenters. The number of hydrogen-bond donors (Lipinski definition) is 1. The summed E-state index contributed by atoms with van der Waals surface area (Å²) in [5, 5.41) is 5.97. The van der Waals surface area contributed by atoms with Gasteiger partial charge in [0.05, 0.1) is 25.5 Å². The maximum absolute atomic E-state index is 12.5. The minimum Gasteiger partial charge on any atom is -0.494 e. The number of carbonyl (C=O) groups excluding carboxylic acids is 2. The quantitative estimate of drug-likeness (QED) is 0.133. The van der Waals surface area contributed by atoms with Crippen LogP contribution in [0.25, 0.3) is 10.8 Å². The van der Waals surface area contributed by atoms with E-state index in [-0.39, 0.29) is 5.75 Å². The standard InChI is InChI=1S/C30H28N2O6/c1-4-36-24-15-13-23(14-16-24)30(34)38-27-17-12-21(18-28(27)35-3)19-31-32-29(33)20(2)37-26-11-7-9-22-8-5-6-10-25(22)26/h5-20H,4H2,1-3H3,(H,32,33). The summed E-state index contributed by atoms with van der Waals surface area (Å²) in [6, 6.07) is 25.1. The maximum atomic E-state index is 12.5. The molecular formula is C30H28N2O6. The van der Waals surface area contributed by atoms with E-state index in [1.807, 2.05) is 49.4 Å². The first-order valence-electron chi connectivity index (χ1n) is 12.1. The van der Waals surface area contributed by atoms with E-state index in [9.17, 15) is 9.59 Å². The van der Waals surface area contributed by atoms with E-state index in [1.54, 1.807) is 49.4 Å². The summed E-state index contributed by atoms with van der Waals surface area (Å²) >= 11 is 0. The van der Waals surface area contributed by atoms with E-state index < -0.39 is 18.0 Å². The van der Waals surface area contributed by atoms with Crippen LogP contribution in [0.4, 0.5) is 0 Å². The lowest BCUT2D eigenvalue weighted by Crippen LogP contribution is -2.33. The van der Waals surface area contributed by atoms with Gasteiger partial charge in [0.2, 0.25) is 0 Å². The molecule has 1 atom stereocenters. The van der Waals surface area contributed by atoms with Gasteiger partial charge in [0.1, 0.15) is 11.5 Å². The number of hydrazone groups is 1. The molecule has 0 aliphatic rings. The highest BCUT2D eigenvalue weighted by atomic mass is 16.6. The second kappa shape index (κ2) is 12.4. The van der Waals surface area contributed by atoms with Crippen molar-refractivity contribution in [1.29, 1.82) is 0 Å². The zero-order valence-corrected chi connectivity index (χ0v) is 21.3. The molecule has 0 saturated heterocycles. The summed E-state index contributed by atoms with van der Waals surface area (Å²) in [4.78, 5) is 25.1. The molecule has 1 N–H and O–H groups in total. The van der Waals surface area contributed by atoms with Crippen molar-refractivity contribution >= 4 is 28.9 Å². The third-order valence-electron chi connectivity index (χ3n) is 5.60. The lowest BCUT2D eigenvalue weighted by Gasteiger charge is -2.14. The molecule has 4 aromatic rings. The molecule has 4 aromatic carbocycles. The molecule has 0 aliphatic carbocycles. The Morgan fingerprint density at radius 3 is 2.45 bits per heavy atom. The second-order valence-electron chi connectivity index (χ2n) is 8.23. The van der Waals surface area contributed by atoms with Crippen molar-refractivity contribution < 1.29 is 28.5 Å². The van der Waals surface area contributed by atoms with Crippen LogP contribution in [0.3, 0.4) is 0 Å². The van der Waals surface area contributed by atoms with Crippen molar-refractivity contribution in [3.63, 3.8) is 0 Å². The van der Waals surface area contributed by atoms with E-state index in [0.29, 0.717) is 35.0 Å². The number of benzene rings is 4. The van der Waals surface area contributed by atoms with E-state index in [0.717, 1.165) is 10.8 Å². The normalized spacial score (nSPS) is 11.7. The van der Waals surface area contributed by atoms with Crippen LogP contribution in [0, 0.1) is 0 Å². The topological polar surface area (TPSA) is 95.5 Å². The lowest BCUT2D eigenvalue weighted by molar-refractivity contribution is -0.127. The molecule has 4 rings (SSSR count). The molecule has 0 fully saturated rings. The molecule has 0 spiro atoms. The van der Waals surface area contributed by atoms with Gasteiger partial charge in [0.15, 0.2) is 17.6 Å². The third-order valence-corrected chi connectivity index (χ3v) is 5.60. The summed E-state index contributed by atoms with van der Waals surface area (Å²) in [5.41, 5.74) is 3.50. The SMILES string of the molecule is CCOc1ccc(C(=O)Oc2ccc(C=NNC(=O)C(C)Oc3cccc4ccccc34)cc2OC)cc1. The molecule has 8 nitrogen and oxygen atoms in total. The van der Waals surface area contributed by atoms with Gasteiger partial charge in [-0.2, -0.15) is 5.10 Å². The first-order chi connectivity index (χ1) is 18.5. The number of hydrogen-bond acceptors (Lipinski definition) is 7. The zero-order valence-electron chi connectivity index (χ0n) is 21.3. The number of fused-ring (bicyclic) bond motifs is 1. The summed E-state index contributed by atoms with van der Waals surface area (Å²) in [6.45, 7) is 4.08. The van der Waals surface area contributed by atoms with Gasteiger partial charge in [-0.15, -0.1) is 0 Å². The van der Waals surface area contributed by atoms with Gasteiger partial charge in [-0.25, -0.2) is 10.2 Å². The predicted octanol–water partition coefficient (Wildman–Crippen LogP) is 5.38. The zero-order chi connectivity index (χ0) is 26.9. The van der Waals surface area contributed by atoms with E-state index >= 15 is 0 Å². The molecule has 38 heavy (non-hydrogen) atoms. The average molecular weight is 513 g/mol. The first-order valence-corrected chi connectivity index (χ1v) is 12.1. The second-order valence-corrected chi connectivity index (χ2v) is 8.23. The molecule has 8 heteroatoms. The van der Waals surface area contributed by atoms with E-state index in [4.69, 9.17) is 18.9 Å². The Labute approximate surface area is 220 Å². The number of amides is 1. The molecule has 1 amide bonds. The van der Waals surface area contributed by atoms with E-state index in [2.05, 4.69) is 10.5 Å². The number of esters is 1.